The van der Waals surface area contributed by atoms with Crippen molar-refractivity contribution in [1.29, 1.82) is 0 Å². The highest BCUT2D eigenvalue weighted by Gasteiger charge is 2.22. The van der Waals surface area contributed by atoms with Crippen molar-refractivity contribution in [3.8, 4) is 16.9 Å². The van der Waals surface area contributed by atoms with Crippen LogP contribution in [-0.4, -0.2) is 5.78 Å². The second-order valence-electron chi connectivity index (χ2n) is 6.19. The Bertz CT molecular complexity index is 1090. The molecule has 0 bridgehead atoms. The maximum Gasteiger partial charge on any atom is 0.229 e. The number of halogens is 1. The van der Waals surface area contributed by atoms with Gasteiger partial charge in [-0.15, -0.1) is 0 Å². The number of rotatable bonds is 4. The average Bonchev–Trinajstić information content (AvgIpc) is 2.74. The van der Waals surface area contributed by atoms with E-state index in [0.29, 0.717) is 16.1 Å². The van der Waals surface area contributed by atoms with Gasteiger partial charge in [0.2, 0.25) is 11.4 Å². The minimum atomic E-state index is -0.0176. The van der Waals surface area contributed by atoms with Gasteiger partial charge in [-0.25, -0.2) is 0 Å². The van der Waals surface area contributed by atoms with E-state index < -0.39 is 0 Å². The molecule has 1 aromatic heterocycles. The molecule has 130 valence electrons. The van der Waals surface area contributed by atoms with Gasteiger partial charge in [0, 0.05) is 23.3 Å². The van der Waals surface area contributed by atoms with Crippen molar-refractivity contribution in [1.82, 2.24) is 0 Å². The fourth-order valence-electron chi connectivity index (χ4n) is 3.08. The van der Waals surface area contributed by atoms with Crippen LogP contribution < -0.4 is 4.57 Å². The summed E-state index contributed by atoms with van der Waals surface area (Å²) in [6.45, 7) is 0. The molecule has 0 aliphatic rings. The molecule has 27 heavy (non-hydrogen) atoms. The topological polar surface area (TPSA) is 20.9 Å². The molecule has 2 nitrogen and oxygen atoms in total. The zero-order valence-electron chi connectivity index (χ0n) is 14.5. The minimum Gasteiger partial charge on any atom is -0.288 e. The number of carbonyl (C=O) groups excluding carboxylic acids is 1. The summed E-state index contributed by atoms with van der Waals surface area (Å²) in [5.74, 6) is -0.0176. The molecular weight excluding hydrogens is 354 g/mol. The van der Waals surface area contributed by atoms with E-state index in [1.165, 1.54) is 0 Å². The summed E-state index contributed by atoms with van der Waals surface area (Å²) in [7, 11) is 0. The van der Waals surface area contributed by atoms with Crippen LogP contribution in [-0.2, 0) is 0 Å². The van der Waals surface area contributed by atoms with Gasteiger partial charge in [0.05, 0.1) is 5.56 Å². The van der Waals surface area contributed by atoms with E-state index >= 15 is 0 Å². The third-order valence-electron chi connectivity index (χ3n) is 4.43. The fourth-order valence-corrected chi connectivity index (χ4v) is 3.31. The van der Waals surface area contributed by atoms with Crippen LogP contribution in [0.15, 0.2) is 103 Å². The van der Waals surface area contributed by atoms with E-state index in [2.05, 4.69) is 0 Å². The Balaban J connectivity index is 1.90. The highest BCUT2D eigenvalue weighted by Crippen LogP contribution is 2.22. The number of para-hydroxylation sites is 1. The van der Waals surface area contributed by atoms with Gasteiger partial charge in [-0.2, -0.15) is 4.57 Å². The Morgan fingerprint density at radius 2 is 1.30 bits per heavy atom. The molecule has 0 amide bonds. The molecule has 0 spiro atoms. The summed E-state index contributed by atoms with van der Waals surface area (Å²) < 4.78 is 1.98. The van der Waals surface area contributed by atoms with E-state index in [1.54, 1.807) is 0 Å². The third-order valence-corrected chi connectivity index (χ3v) is 4.75. The predicted octanol–water partition coefficient (Wildman–Crippen LogP) is 5.51. The summed E-state index contributed by atoms with van der Waals surface area (Å²) in [6, 6.07) is 30.8. The molecule has 0 radical (unpaired) electrons. The van der Waals surface area contributed by atoms with Gasteiger partial charge >= 0.3 is 0 Å². The van der Waals surface area contributed by atoms with Gasteiger partial charge in [-0.3, -0.25) is 4.79 Å². The van der Waals surface area contributed by atoms with Gasteiger partial charge in [0.15, 0.2) is 12.0 Å². The van der Waals surface area contributed by atoms with Gasteiger partial charge in [-0.1, -0.05) is 72.3 Å². The quantitative estimate of drug-likeness (QED) is 0.342. The van der Waals surface area contributed by atoms with Crippen LogP contribution in [0.5, 0.6) is 0 Å². The molecule has 4 rings (SSSR count). The van der Waals surface area contributed by atoms with Crippen molar-refractivity contribution >= 4 is 17.4 Å². The molecule has 0 fully saturated rings. The van der Waals surface area contributed by atoms with Crippen LogP contribution in [0.25, 0.3) is 16.9 Å². The van der Waals surface area contributed by atoms with Crippen molar-refractivity contribution in [2.45, 2.75) is 0 Å². The first kappa shape index (κ1) is 17.2. The first-order valence-corrected chi connectivity index (χ1v) is 9.07. The SMILES string of the molecule is O=C(c1ccccc1)c1ccc(-c2ccccc2)[n+](-c2ccccc2Cl)c1. The lowest BCUT2D eigenvalue weighted by atomic mass is 10.0. The summed E-state index contributed by atoms with van der Waals surface area (Å²) in [5, 5.41) is 0.629. The summed E-state index contributed by atoms with van der Waals surface area (Å²) in [6.07, 6.45) is 1.86. The van der Waals surface area contributed by atoms with E-state index in [1.807, 2.05) is 108 Å². The van der Waals surface area contributed by atoms with Crippen LogP contribution in [0.2, 0.25) is 5.02 Å². The second kappa shape index (κ2) is 7.56. The van der Waals surface area contributed by atoms with Gasteiger partial charge < -0.3 is 0 Å². The van der Waals surface area contributed by atoms with Gasteiger partial charge in [0.25, 0.3) is 0 Å². The van der Waals surface area contributed by atoms with Crippen molar-refractivity contribution in [3.05, 3.63) is 119 Å². The Morgan fingerprint density at radius 1 is 0.667 bits per heavy atom. The molecule has 0 N–H and O–H groups in total. The molecule has 0 aliphatic heterocycles. The third kappa shape index (κ3) is 3.53. The molecule has 0 atom stereocenters. The Hall–Kier alpha value is -3.23. The van der Waals surface area contributed by atoms with E-state index in [0.717, 1.165) is 16.9 Å². The largest absolute Gasteiger partial charge is 0.288 e. The molecule has 4 aromatic rings. The van der Waals surface area contributed by atoms with Crippen LogP contribution in [0, 0.1) is 0 Å². The van der Waals surface area contributed by atoms with Gasteiger partial charge in [-0.05, 0) is 24.3 Å². The van der Waals surface area contributed by atoms with E-state index in [4.69, 9.17) is 11.6 Å². The number of aromatic nitrogens is 1. The molecule has 0 saturated heterocycles. The molecule has 1 heterocycles. The van der Waals surface area contributed by atoms with E-state index in [9.17, 15) is 4.79 Å². The molecule has 3 aromatic carbocycles. The lowest BCUT2D eigenvalue weighted by molar-refractivity contribution is -0.584. The maximum absolute atomic E-state index is 12.9. The summed E-state index contributed by atoms with van der Waals surface area (Å²) >= 11 is 6.46. The highest BCUT2D eigenvalue weighted by molar-refractivity contribution is 6.32. The number of benzene rings is 3. The minimum absolute atomic E-state index is 0.0176. The maximum atomic E-state index is 12.9. The van der Waals surface area contributed by atoms with E-state index in [-0.39, 0.29) is 5.78 Å². The molecule has 3 heteroatoms. The second-order valence-corrected chi connectivity index (χ2v) is 6.59. The van der Waals surface area contributed by atoms with Crippen molar-refractivity contribution in [2.75, 3.05) is 0 Å². The van der Waals surface area contributed by atoms with Crippen LogP contribution in [0.1, 0.15) is 15.9 Å². The zero-order chi connectivity index (χ0) is 18.6. The van der Waals surface area contributed by atoms with Crippen LogP contribution >= 0.6 is 11.6 Å². The fraction of sp³-hybridized carbons (Fsp3) is 0. The smallest absolute Gasteiger partial charge is 0.229 e. The first-order chi connectivity index (χ1) is 13.2. The standard InChI is InChI=1S/C24H17ClNO/c25-21-13-7-8-14-23(21)26-17-20(24(27)19-11-5-2-6-12-19)15-16-22(26)18-9-3-1-4-10-18/h1-17H/q+1. The first-order valence-electron chi connectivity index (χ1n) is 8.70. The number of ketones is 1. The van der Waals surface area contributed by atoms with Crippen molar-refractivity contribution < 1.29 is 9.36 Å². The predicted molar refractivity (Wildman–Crippen MR) is 108 cm³/mol. The molecule has 0 unspecified atom stereocenters. The zero-order valence-corrected chi connectivity index (χ0v) is 15.3. The van der Waals surface area contributed by atoms with Crippen molar-refractivity contribution in [2.24, 2.45) is 0 Å². The summed E-state index contributed by atoms with van der Waals surface area (Å²) in [5.41, 5.74) is 4.13. The molecular formula is C24H17ClNO+. The normalized spacial score (nSPS) is 10.6. The summed E-state index contributed by atoms with van der Waals surface area (Å²) in [4.78, 5) is 12.9. The van der Waals surface area contributed by atoms with Crippen LogP contribution in [0.4, 0.5) is 0 Å². The average molecular weight is 371 g/mol. The Labute approximate surface area is 163 Å². The number of nitrogens with zero attached hydrogens (tertiary/aromatic N) is 1. The van der Waals surface area contributed by atoms with Crippen molar-refractivity contribution in [3.63, 3.8) is 0 Å². The number of hydrogen-bond acceptors (Lipinski definition) is 1. The Morgan fingerprint density at radius 3 is 2.00 bits per heavy atom. The molecule has 0 aliphatic carbocycles. The monoisotopic (exact) mass is 370 g/mol. The number of hydrogen-bond donors (Lipinski definition) is 0. The van der Waals surface area contributed by atoms with Crippen LogP contribution in [0.3, 0.4) is 0 Å². The number of carbonyl (C=O) groups is 1. The molecule has 0 saturated carbocycles. The van der Waals surface area contributed by atoms with Gasteiger partial charge in [0.1, 0.15) is 5.02 Å². The lowest BCUT2D eigenvalue weighted by Crippen LogP contribution is -2.34. The number of pyridine rings is 1. The lowest BCUT2D eigenvalue weighted by Gasteiger charge is -2.07. The highest BCUT2D eigenvalue weighted by atomic mass is 35.5. The Kier molecular flexibility index (Phi) is 4.82.